The van der Waals surface area contributed by atoms with Gasteiger partial charge in [-0.05, 0) is 19.3 Å². The standard InChI is InChI=1S/C13H16N2O3/c1-2-10-9-15(12-5-3-4-8-18-12)14-11(10)6-7-13(16)17/h1,9,12H,3-8H2,(H,16,17). The molecule has 0 aliphatic carbocycles. The van der Waals surface area contributed by atoms with E-state index in [9.17, 15) is 4.79 Å². The zero-order valence-corrected chi connectivity index (χ0v) is 10.1. The minimum absolute atomic E-state index is 0.0389. The van der Waals surface area contributed by atoms with E-state index >= 15 is 0 Å². The number of hydrogen-bond acceptors (Lipinski definition) is 3. The predicted molar refractivity (Wildman–Crippen MR) is 65.0 cm³/mol. The Morgan fingerprint density at radius 1 is 1.67 bits per heavy atom. The molecule has 1 atom stereocenters. The summed E-state index contributed by atoms with van der Waals surface area (Å²) < 4.78 is 7.35. The number of carboxylic acids is 1. The molecule has 1 fully saturated rings. The summed E-state index contributed by atoms with van der Waals surface area (Å²) in [6.45, 7) is 0.736. The van der Waals surface area contributed by atoms with Crippen LogP contribution in [0.1, 0.15) is 43.2 Å². The van der Waals surface area contributed by atoms with Crippen molar-refractivity contribution >= 4 is 5.97 Å². The van der Waals surface area contributed by atoms with Gasteiger partial charge in [-0.2, -0.15) is 5.10 Å². The Labute approximate surface area is 106 Å². The lowest BCUT2D eigenvalue weighted by Gasteiger charge is -2.22. The van der Waals surface area contributed by atoms with Gasteiger partial charge in [0.1, 0.15) is 6.23 Å². The van der Waals surface area contributed by atoms with Crippen molar-refractivity contribution in [3.8, 4) is 12.3 Å². The fourth-order valence-electron chi connectivity index (χ4n) is 2.04. The Morgan fingerprint density at radius 3 is 3.11 bits per heavy atom. The molecular formula is C13H16N2O3. The Bertz CT molecular complexity index is 467. The van der Waals surface area contributed by atoms with Gasteiger partial charge in [0.2, 0.25) is 0 Å². The van der Waals surface area contributed by atoms with Crippen LogP contribution in [0.4, 0.5) is 0 Å². The molecule has 0 aromatic carbocycles. The molecule has 1 saturated heterocycles. The number of hydrogen-bond donors (Lipinski definition) is 1. The summed E-state index contributed by atoms with van der Waals surface area (Å²) >= 11 is 0. The molecule has 1 aliphatic heterocycles. The number of nitrogens with zero attached hydrogens (tertiary/aromatic N) is 2. The number of carboxylic acid groups (broad SMARTS) is 1. The van der Waals surface area contributed by atoms with E-state index in [0.29, 0.717) is 17.7 Å². The van der Waals surface area contributed by atoms with Crippen molar-refractivity contribution in [3.05, 3.63) is 17.5 Å². The zero-order valence-electron chi connectivity index (χ0n) is 10.1. The van der Waals surface area contributed by atoms with Crippen molar-refractivity contribution in [2.24, 2.45) is 0 Å². The smallest absolute Gasteiger partial charge is 0.303 e. The second-order valence-corrected chi connectivity index (χ2v) is 4.33. The SMILES string of the molecule is C#Cc1cn(C2CCCCO2)nc1CCC(=O)O. The van der Waals surface area contributed by atoms with E-state index in [1.54, 1.807) is 10.9 Å². The first-order valence-corrected chi connectivity index (χ1v) is 6.08. The summed E-state index contributed by atoms with van der Waals surface area (Å²) in [7, 11) is 0. The Kier molecular flexibility index (Phi) is 4.00. The Morgan fingerprint density at radius 2 is 2.50 bits per heavy atom. The third kappa shape index (κ3) is 2.90. The number of carbonyl (C=O) groups is 1. The highest BCUT2D eigenvalue weighted by atomic mass is 16.5. The van der Waals surface area contributed by atoms with Crippen molar-refractivity contribution in [1.82, 2.24) is 9.78 Å². The molecule has 2 rings (SSSR count). The minimum Gasteiger partial charge on any atom is -0.481 e. The highest BCUT2D eigenvalue weighted by Gasteiger charge is 2.18. The molecule has 96 valence electrons. The largest absolute Gasteiger partial charge is 0.481 e. The van der Waals surface area contributed by atoms with Crippen molar-refractivity contribution in [2.75, 3.05) is 6.61 Å². The van der Waals surface area contributed by atoms with Gasteiger partial charge in [-0.25, -0.2) is 4.68 Å². The Balaban J connectivity index is 2.12. The van der Waals surface area contributed by atoms with E-state index in [0.717, 1.165) is 25.9 Å². The molecule has 0 radical (unpaired) electrons. The summed E-state index contributed by atoms with van der Waals surface area (Å²) in [5, 5.41) is 13.0. The first-order valence-electron chi connectivity index (χ1n) is 6.08. The fourth-order valence-corrected chi connectivity index (χ4v) is 2.04. The second kappa shape index (κ2) is 5.69. The average Bonchev–Trinajstić information content (AvgIpc) is 2.80. The van der Waals surface area contributed by atoms with Crippen LogP contribution in [0.5, 0.6) is 0 Å². The van der Waals surface area contributed by atoms with E-state index in [4.69, 9.17) is 16.3 Å². The number of rotatable bonds is 4. The van der Waals surface area contributed by atoms with Gasteiger partial charge in [-0.15, -0.1) is 6.42 Å². The molecule has 18 heavy (non-hydrogen) atoms. The van der Waals surface area contributed by atoms with Gasteiger partial charge >= 0.3 is 5.97 Å². The molecule has 1 N–H and O–H groups in total. The van der Waals surface area contributed by atoms with Crippen LogP contribution in [0.2, 0.25) is 0 Å². The van der Waals surface area contributed by atoms with Crippen LogP contribution in [-0.2, 0) is 16.0 Å². The molecule has 1 unspecified atom stereocenters. The monoisotopic (exact) mass is 248 g/mol. The van der Waals surface area contributed by atoms with Gasteiger partial charge in [-0.3, -0.25) is 4.79 Å². The predicted octanol–water partition coefficient (Wildman–Crippen LogP) is 1.58. The average molecular weight is 248 g/mol. The number of terminal acetylenes is 1. The maximum Gasteiger partial charge on any atom is 0.303 e. The van der Waals surface area contributed by atoms with E-state index in [2.05, 4.69) is 11.0 Å². The maximum atomic E-state index is 10.6. The van der Waals surface area contributed by atoms with E-state index in [1.165, 1.54) is 0 Å². The van der Waals surface area contributed by atoms with Gasteiger partial charge in [0.25, 0.3) is 0 Å². The van der Waals surface area contributed by atoms with Crippen molar-refractivity contribution < 1.29 is 14.6 Å². The highest BCUT2D eigenvalue weighted by molar-refractivity contribution is 5.67. The molecule has 0 saturated carbocycles. The zero-order chi connectivity index (χ0) is 13.0. The third-order valence-corrected chi connectivity index (χ3v) is 2.99. The number of aliphatic carboxylic acids is 1. The lowest BCUT2D eigenvalue weighted by atomic mass is 10.1. The molecule has 5 nitrogen and oxygen atoms in total. The van der Waals surface area contributed by atoms with Crippen LogP contribution >= 0.6 is 0 Å². The Hall–Kier alpha value is -1.80. The van der Waals surface area contributed by atoms with Gasteiger partial charge < -0.3 is 9.84 Å². The van der Waals surface area contributed by atoms with Gasteiger partial charge in [0.15, 0.2) is 0 Å². The first kappa shape index (κ1) is 12.7. The molecule has 1 aromatic rings. The lowest BCUT2D eigenvalue weighted by molar-refractivity contribution is -0.136. The van der Waals surface area contributed by atoms with Gasteiger partial charge in [0.05, 0.1) is 17.7 Å². The molecule has 5 heteroatoms. The topological polar surface area (TPSA) is 64.4 Å². The molecule has 2 heterocycles. The number of aromatic nitrogens is 2. The second-order valence-electron chi connectivity index (χ2n) is 4.33. The number of aryl methyl sites for hydroxylation is 1. The minimum atomic E-state index is -0.846. The van der Waals surface area contributed by atoms with E-state index in [1.807, 2.05) is 0 Å². The van der Waals surface area contributed by atoms with Crippen LogP contribution in [0.25, 0.3) is 0 Å². The summed E-state index contributed by atoms with van der Waals surface area (Å²) in [6, 6.07) is 0. The molecule has 0 bridgehead atoms. The van der Waals surface area contributed by atoms with Gasteiger partial charge in [-0.1, -0.05) is 5.92 Å². The molecule has 1 aliphatic rings. The quantitative estimate of drug-likeness (QED) is 0.822. The van der Waals surface area contributed by atoms with Crippen molar-refractivity contribution in [1.29, 1.82) is 0 Å². The highest BCUT2D eigenvalue weighted by Crippen LogP contribution is 2.23. The number of ether oxygens (including phenoxy) is 1. The maximum absolute atomic E-state index is 10.6. The summed E-state index contributed by atoms with van der Waals surface area (Å²) in [6.07, 6.45) is 10.6. The summed E-state index contributed by atoms with van der Waals surface area (Å²) in [4.78, 5) is 10.6. The van der Waals surface area contributed by atoms with Crippen LogP contribution in [0.3, 0.4) is 0 Å². The van der Waals surface area contributed by atoms with Crippen molar-refractivity contribution in [2.45, 2.75) is 38.3 Å². The molecular weight excluding hydrogens is 232 g/mol. The normalized spacial score (nSPS) is 19.4. The van der Waals surface area contributed by atoms with E-state index < -0.39 is 5.97 Å². The third-order valence-electron chi connectivity index (χ3n) is 2.99. The van der Waals surface area contributed by atoms with Crippen LogP contribution in [0.15, 0.2) is 6.20 Å². The van der Waals surface area contributed by atoms with Crippen LogP contribution in [0, 0.1) is 12.3 Å². The molecule has 0 amide bonds. The van der Waals surface area contributed by atoms with Crippen molar-refractivity contribution in [3.63, 3.8) is 0 Å². The lowest BCUT2D eigenvalue weighted by Crippen LogP contribution is -2.18. The first-order chi connectivity index (χ1) is 8.70. The fraction of sp³-hybridized carbons (Fsp3) is 0.538. The van der Waals surface area contributed by atoms with Gasteiger partial charge in [0, 0.05) is 19.2 Å². The summed E-state index contributed by atoms with van der Waals surface area (Å²) in [5.74, 6) is 1.70. The van der Waals surface area contributed by atoms with E-state index in [-0.39, 0.29) is 12.6 Å². The molecule has 1 aromatic heterocycles. The summed E-state index contributed by atoms with van der Waals surface area (Å²) in [5.41, 5.74) is 1.32. The van der Waals surface area contributed by atoms with Crippen LogP contribution < -0.4 is 0 Å². The molecule has 0 spiro atoms. The van der Waals surface area contributed by atoms with Crippen LogP contribution in [-0.4, -0.2) is 27.5 Å².